The molecule has 0 fully saturated rings. The van der Waals surface area contributed by atoms with Crippen molar-refractivity contribution in [3.05, 3.63) is 54.1 Å². The molecule has 0 heterocycles. The number of carbonyl (C=O) groups excluding carboxylic acids is 2. The molecule has 0 aliphatic rings. The van der Waals surface area contributed by atoms with Gasteiger partial charge in [-0.3, -0.25) is 9.59 Å². The Bertz CT molecular complexity index is 711. The average molecular weight is 325 g/mol. The third-order valence-corrected chi connectivity index (χ3v) is 3.59. The molecule has 0 saturated carbocycles. The summed E-state index contributed by atoms with van der Waals surface area (Å²) in [7, 11) is 0. The Hall–Kier alpha value is -2.82. The van der Waals surface area contributed by atoms with E-state index in [2.05, 4.69) is 22.9 Å². The Morgan fingerprint density at radius 2 is 1.62 bits per heavy atom. The van der Waals surface area contributed by atoms with E-state index < -0.39 is 6.04 Å². The lowest BCUT2D eigenvalue weighted by Crippen LogP contribution is -2.31. The average Bonchev–Trinajstić information content (AvgIpc) is 2.55. The van der Waals surface area contributed by atoms with E-state index in [0.29, 0.717) is 5.69 Å². The molecule has 3 N–H and O–H groups in total. The molecule has 0 unspecified atom stereocenters. The summed E-state index contributed by atoms with van der Waals surface area (Å²) in [6.07, 6.45) is 0.969. The Labute approximate surface area is 142 Å². The predicted molar refractivity (Wildman–Crippen MR) is 98.3 cm³/mol. The summed E-state index contributed by atoms with van der Waals surface area (Å²) >= 11 is 0. The van der Waals surface area contributed by atoms with Crippen LogP contribution in [0.1, 0.15) is 26.3 Å². The van der Waals surface area contributed by atoms with Crippen LogP contribution in [-0.2, 0) is 16.0 Å². The van der Waals surface area contributed by atoms with Gasteiger partial charge in [0.1, 0.15) is 6.04 Å². The van der Waals surface area contributed by atoms with Crippen molar-refractivity contribution in [3.8, 4) is 0 Å². The summed E-state index contributed by atoms with van der Waals surface area (Å²) in [5, 5.41) is 8.74. The zero-order valence-electron chi connectivity index (χ0n) is 14.2. The topological polar surface area (TPSA) is 70.2 Å². The maximum absolute atomic E-state index is 12.3. The van der Waals surface area contributed by atoms with Crippen molar-refractivity contribution in [3.63, 3.8) is 0 Å². The van der Waals surface area contributed by atoms with Gasteiger partial charge in [0, 0.05) is 24.0 Å². The first-order chi connectivity index (χ1) is 11.5. The van der Waals surface area contributed by atoms with Crippen molar-refractivity contribution >= 4 is 28.9 Å². The summed E-state index contributed by atoms with van der Waals surface area (Å²) in [6.45, 7) is 5.34. The van der Waals surface area contributed by atoms with Crippen LogP contribution in [0.2, 0.25) is 0 Å². The van der Waals surface area contributed by atoms with E-state index in [1.165, 1.54) is 12.5 Å². The zero-order valence-corrected chi connectivity index (χ0v) is 14.2. The highest BCUT2D eigenvalue weighted by molar-refractivity contribution is 5.96. The minimum Gasteiger partial charge on any atom is -0.374 e. The van der Waals surface area contributed by atoms with Crippen molar-refractivity contribution in [2.75, 3.05) is 16.0 Å². The third-order valence-electron chi connectivity index (χ3n) is 3.59. The number of hydrogen-bond acceptors (Lipinski definition) is 3. The summed E-state index contributed by atoms with van der Waals surface area (Å²) in [6, 6.07) is 14.7. The van der Waals surface area contributed by atoms with Crippen LogP contribution in [0.25, 0.3) is 0 Å². The molecule has 0 aliphatic carbocycles. The van der Waals surface area contributed by atoms with Gasteiger partial charge in [0.15, 0.2) is 0 Å². The maximum atomic E-state index is 12.3. The molecular weight excluding hydrogens is 302 g/mol. The highest BCUT2D eigenvalue weighted by Gasteiger charge is 2.13. The van der Waals surface area contributed by atoms with Crippen LogP contribution >= 0.6 is 0 Å². The van der Waals surface area contributed by atoms with Crippen molar-refractivity contribution in [2.24, 2.45) is 0 Å². The number of benzene rings is 2. The Balaban J connectivity index is 1.96. The molecule has 1 atom stereocenters. The van der Waals surface area contributed by atoms with E-state index in [1.807, 2.05) is 36.4 Å². The second-order valence-electron chi connectivity index (χ2n) is 5.67. The van der Waals surface area contributed by atoms with E-state index in [4.69, 9.17) is 0 Å². The number of amides is 2. The lowest BCUT2D eigenvalue weighted by molar-refractivity contribution is -0.116. The molecule has 5 nitrogen and oxygen atoms in total. The van der Waals surface area contributed by atoms with Gasteiger partial charge in [-0.1, -0.05) is 25.1 Å². The van der Waals surface area contributed by atoms with Gasteiger partial charge in [0.25, 0.3) is 0 Å². The van der Waals surface area contributed by atoms with Gasteiger partial charge >= 0.3 is 0 Å². The first kappa shape index (κ1) is 17.5. The van der Waals surface area contributed by atoms with E-state index in [1.54, 1.807) is 19.1 Å². The smallest absolute Gasteiger partial charge is 0.246 e. The number of rotatable bonds is 6. The minimum atomic E-state index is -0.413. The Morgan fingerprint density at radius 3 is 2.25 bits per heavy atom. The largest absolute Gasteiger partial charge is 0.374 e. The second kappa shape index (κ2) is 8.15. The van der Waals surface area contributed by atoms with Crippen LogP contribution in [0.15, 0.2) is 48.5 Å². The molecule has 126 valence electrons. The molecule has 0 spiro atoms. The fourth-order valence-corrected chi connectivity index (χ4v) is 2.28. The van der Waals surface area contributed by atoms with Crippen LogP contribution in [0, 0.1) is 0 Å². The first-order valence-corrected chi connectivity index (χ1v) is 8.02. The van der Waals surface area contributed by atoms with Crippen LogP contribution in [0.4, 0.5) is 17.1 Å². The summed E-state index contributed by atoms with van der Waals surface area (Å²) in [5.74, 6) is -0.252. The predicted octanol–water partition coefficient (Wildman–Crippen LogP) is 3.65. The van der Waals surface area contributed by atoms with Gasteiger partial charge in [0.2, 0.25) is 11.8 Å². The first-order valence-electron chi connectivity index (χ1n) is 8.02. The highest BCUT2D eigenvalue weighted by atomic mass is 16.2. The lowest BCUT2D eigenvalue weighted by atomic mass is 10.1. The molecule has 0 radical (unpaired) electrons. The second-order valence-corrected chi connectivity index (χ2v) is 5.67. The summed E-state index contributed by atoms with van der Waals surface area (Å²) in [5.41, 5.74) is 3.47. The summed E-state index contributed by atoms with van der Waals surface area (Å²) < 4.78 is 0. The van der Waals surface area contributed by atoms with Gasteiger partial charge in [0.05, 0.1) is 0 Å². The minimum absolute atomic E-state index is 0.121. The van der Waals surface area contributed by atoms with Crippen molar-refractivity contribution in [2.45, 2.75) is 33.2 Å². The number of anilines is 3. The Kier molecular flexibility index (Phi) is 5.95. The molecule has 0 saturated heterocycles. The third kappa shape index (κ3) is 5.12. The Morgan fingerprint density at radius 1 is 0.958 bits per heavy atom. The molecule has 0 aliphatic heterocycles. The maximum Gasteiger partial charge on any atom is 0.246 e. The quantitative estimate of drug-likeness (QED) is 0.759. The molecule has 24 heavy (non-hydrogen) atoms. The van der Waals surface area contributed by atoms with Crippen LogP contribution in [0.3, 0.4) is 0 Å². The molecule has 0 aromatic heterocycles. The SMILES string of the molecule is CCc1ccc(NC(=O)[C@H](C)Nc2cccc(NC(C)=O)c2)cc1. The normalized spacial score (nSPS) is 11.5. The lowest BCUT2D eigenvalue weighted by Gasteiger charge is -2.16. The molecular formula is C19H23N3O2. The van der Waals surface area contributed by atoms with Crippen LogP contribution in [0.5, 0.6) is 0 Å². The van der Waals surface area contributed by atoms with Crippen molar-refractivity contribution in [1.82, 2.24) is 0 Å². The van der Waals surface area contributed by atoms with Gasteiger partial charge in [-0.05, 0) is 49.2 Å². The summed E-state index contributed by atoms with van der Waals surface area (Å²) in [4.78, 5) is 23.4. The number of aryl methyl sites for hydroxylation is 1. The fraction of sp³-hybridized carbons (Fsp3) is 0.263. The zero-order chi connectivity index (χ0) is 17.5. The molecule has 2 rings (SSSR count). The molecule has 0 bridgehead atoms. The molecule has 5 heteroatoms. The van der Waals surface area contributed by atoms with Crippen molar-refractivity contribution in [1.29, 1.82) is 0 Å². The monoisotopic (exact) mass is 325 g/mol. The fourth-order valence-electron chi connectivity index (χ4n) is 2.28. The number of nitrogens with one attached hydrogen (secondary N) is 3. The molecule has 2 aromatic rings. The van der Waals surface area contributed by atoms with Crippen molar-refractivity contribution < 1.29 is 9.59 Å². The number of carbonyl (C=O) groups is 2. The molecule has 2 aromatic carbocycles. The molecule has 2 amide bonds. The van der Waals surface area contributed by atoms with Gasteiger partial charge < -0.3 is 16.0 Å². The van der Waals surface area contributed by atoms with Crippen LogP contribution in [-0.4, -0.2) is 17.9 Å². The van der Waals surface area contributed by atoms with Gasteiger partial charge in [-0.2, -0.15) is 0 Å². The van der Waals surface area contributed by atoms with E-state index in [9.17, 15) is 9.59 Å². The van der Waals surface area contributed by atoms with E-state index in [0.717, 1.165) is 17.8 Å². The van der Waals surface area contributed by atoms with Crippen LogP contribution < -0.4 is 16.0 Å². The van der Waals surface area contributed by atoms with E-state index >= 15 is 0 Å². The highest BCUT2D eigenvalue weighted by Crippen LogP contribution is 2.17. The standard InChI is InChI=1S/C19H23N3O2/c1-4-15-8-10-16(11-9-15)22-19(24)13(2)20-17-6-5-7-18(12-17)21-14(3)23/h5-13,20H,4H2,1-3H3,(H,21,23)(H,22,24)/t13-/m0/s1. The van der Waals surface area contributed by atoms with E-state index in [-0.39, 0.29) is 11.8 Å². The number of hydrogen-bond donors (Lipinski definition) is 3. The van der Waals surface area contributed by atoms with Gasteiger partial charge in [-0.15, -0.1) is 0 Å². The van der Waals surface area contributed by atoms with Gasteiger partial charge in [-0.25, -0.2) is 0 Å².